The number of benzene rings is 7. The summed E-state index contributed by atoms with van der Waals surface area (Å²) in [4.78, 5) is 15.1. The standard InChI is InChI=1S/C45H28N4O/c1-3-11-29(12-4-1)30-19-23-34(24-20-30)49-39-17-9-7-15-35(39)36-25-21-32(27-40(36)49)44-46-43(31-13-5-2-6-14-31)47-45(48-44)33-22-26-38-37-16-8-10-18-41(37)50-42(38)28-33/h1-28H. The van der Waals surface area contributed by atoms with Gasteiger partial charge in [0, 0.05) is 43.9 Å². The zero-order valence-electron chi connectivity index (χ0n) is 26.9. The maximum atomic E-state index is 6.24. The molecule has 0 saturated carbocycles. The summed E-state index contributed by atoms with van der Waals surface area (Å²) in [5, 5.41) is 4.52. The van der Waals surface area contributed by atoms with E-state index in [4.69, 9.17) is 19.4 Å². The van der Waals surface area contributed by atoms with Crippen molar-refractivity contribution >= 4 is 43.7 Å². The highest BCUT2D eigenvalue weighted by atomic mass is 16.3. The maximum Gasteiger partial charge on any atom is 0.164 e. The zero-order chi connectivity index (χ0) is 33.0. The first-order valence-corrected chi connectivity index (χ1v) is 16.7. The van der Waals surface area contributed by atoms with Crippen LogP contribution in [0.5, 0.6) is 0 Å². The Morgan fingerprint density at radius 1 is 0.340 bits per heavy atom. The van der Waals surface area contributed by atoms with Crippen molar-refractivity contribution in [2.45, 2.75) is 0 Å². The topological polar surface area (TPSA) is 56.7 Å². The summed E-state index contributed by atoms with van der Waals surface area (Å²) < 4.78 is 8.57. The van der Waals surface area contributed by atoms with Gasteiger partial charge >= 0.3 is 0 Å². The van der Waals surface area contributed by atoms with Gasteiger partial charge in [0.25, 0.3) is 0 Å². The van der Waals surface area contributed by atoms with E-state index in [1.807, 2.05) is 60.7 Å². The van der Waals surface area contributed by atoms with Crippen molar-refractivity contribution in [2.75, 3.05) is 0 Å². The Kier molecular flexibility index (Phi) is 6.42. The van der Waals surface area contributed by atoms with Gasteiger partial charge in [0.1, 0.15) is 11.2 Å². The van der Waals surface area contributed by atoms with Crippen LogP contribution in [0.1, 0.15) is 0 Å². The van der Waals surface area contributed by atoms with Crippen LogP contribution in [-0.2, 0) is 0 Å². The number of aromatic nitrogens is 4. The predicted octanol–water partition coefficient (Wildman–Crippen LogP) is 11.5. The molecule has 3 aromatic heterocycles. The molecule has 0 spiro atoms. The number of para-hydroxylation sites is 2. The van der Waals surface area contributed by atoms with E-state index in [0.29, 0.717) is 17.5 Å². The Morgan fingerprint density at radius 3 is 1.58 bits per heavy atom. The van der Waals surface area contributed by atoms with E-state index in [1.165, 1.54) is 21.9 Å². The summed E-state index contributed by atoms with van der Waals surface area (Å²) >= 11 is 0. The van der Waals surface area contributed by atoms with E-state index in [-0.39, 0.29) is 0 Å². The molecule has 0 N–H and O–H groups in total. The molecule has 3 heterocycles. The third-order valence-corrected chi connectivity index (χ3v) is 9.47. The smallest absolute Gasteiger partial charge is 0.164 e. The van der Waals surface area contributed by atoms with Crippen molar-refractivity contribution in [1.29, 1.82) is 0 Å². The molecule has 0 aliphatic heterocycles. The highest BCUT2D eigenvalue weighted by Gasteiger charge is 2.17. The van der Waals surface area contributed by atoms with E-state index < -0.39 is 0 Å². The summed E-state index contributed by atoms with van der Waals surface area (Å²) in [7, 11) is 0. The van der Waals surface area contributed by atoms with Crippen LogP contribution >= 0.6 is 0 Å². The minimum atomic E-state index is 0.591. The summed E-state index contributed by atoms with van der Waals surface area (Å²) in [6.45, 7) is 0. The number of rotatable bonds is 5. The van der Waals surface area contributed by atoms with Crippen LogP contribution in [0.25, 0.3) is 94.7 Å². The van der Waals surface area contributed by atoms with Crippen molar-refractivity contribution in [3.8, 4) is 51.0 Å². The molecule has 0 fully saturated rings. The van der Waals surface area contributed by atoms with Crippen LogP contribution in [0.15, 0.2) is 174 Å². The second kappa shape index (κ2) is 11.4. The van der Waals surface area contributed by atoms with Gasteiger partial charge in [-0.3, -0.25) is 0 Å². The number of hydrogen-bond donors (Lipinski definition) is 0. The molecule has 0 saturated heterocycles. The monoisotopic (exact) mass is 640 g/mol. The summed E-state index contributed by atoms with van der Waals surface area (Å²) in [5.74, 6) is 1.82. The molecule has 0 aliphatic rings. The van der Waals surface area contributed by atoms with Crippen molar-refractivity contribution in [3.63, 3.8) is 0 Å². The Balaban J connectivity index is 1.15. The average Bonchev–Trinajstić information content (AvgIpc) is 3.73. The van der Waals surface area contributed by atoms with Gasteiger partial charge in [-0.15, -0.1) is 0 Å². The maximum absolute atomic E-state index is 6.24. The van der Waals surface area contributed by atoms with E-state index in [1.54, 1.807) is 0 Å². The number of fused-ring (bicyclic) bond motifs is 6. The van der Waals surface area contributed by atoms with Crippen LogP contribution in [0.4, 0.5) is 0 Å². The molecule has 0 atom stereocenters. The number of nitrogens with zero attached hydrogens (tertiary/aromatic N) is 4. The Labute approximate surface area is 287 Å². The van der Waals surface area contributed by atoms with Crippen LogP contribution < -0.4 is 0 Å². The molecule has 10 rings (SSSR count). The van der Waals surface area contributed by atoms with Crippen LogP contribution in [0.2, 0.25) is 0 Å². The summed E-state index contributed by atoms with van der Waals surface area (Å²) in [6, 6.07) is 58.7. The number of furan rings is 1. The largest absolute Gasteiger partial charge is 0.456 e. The van der Waals surface area contributed by atoms with Crippen molar-refractivity contribution in [3.05, 3.63) is 170 Å². The van der Waals surface area contributed by atoms with E-state index >= 15 is 0 Å². The van der Waals surface area contributed by atoms with Crippen LogP contribution in [0.3, 0.4) is 0 Å². The Morgan fingerprint density at radius 2 is 0.840 bits per heavy atom. The third-order valence-electron chi connectivity index (χ3n) is 9.47. The molecule has 10 aromatic rings. The van der Waals surface area contributed by atoms with Gasteiger partial charge in [-0.1, -0.05) is 127 Å². The number of hydrogen-bond acceptors (Lipinski definition) is 4. The molecular weight excluding hydrogens is 613 g/mol. The molecular formula is C45H28N4O. The van der Waals surface area contributed by atoms with E-state index in [9.17, 15) is 0 Å². The second-order valence-electron chi connectivity index (χ2n) is 12.5. The molecule has 7 aromatic carbocycles. The fourth-order valence-corrected chi connectivity index (χ4v) is 7.04. The van der Waals surface area contributed by atoms with Gasteiger partial charge in [-0.05, 0) is 53.6 Å². The quantitative estimate of drug-likeness (QED) is 0.188. The lowest BCUT2D eigenvalue weighted by Gasteiger charge is -2.11. The molecule has 5 heteroatoms. The fourth-order valence-electron chi connectivity index (χ4n) is 7.04. The molecule has 0 aliphatic carbocycles. The van der Waals surface area contributed by atoms with Crippen molar-refractivity contribution in [1.82, 2.24) is 19.5 Å². The van der Waals surface area contributed by atoms with Crippen LogP contribution in [0, 0.1) is 0 Å². The second-order valence-corrected chi connectivity index (χ2v) is 12.5. The van der Waals surface area contributed by atoms with Crippen molar-refractivity contribution in [2.24, 2.45) is 0 Å². The SMILES string of the molecule is c1ccc(-c2ccc(-n3c4ccccc4c4ccc(-c5nc(-c6ccccc6)nc(-c6ccc7c(c6)oc6ccccc67)n5)cc43)cc2)cc1. The van der Waals surface area contributed by atoms with Gasteiger partial charge in [-0.25, -0.2) is 15.0 Å². The lowest BCUT2D eigenvalue weighted by molar-refractivity contribution is 0.669. The van der Waals surface area contributed by atoms with E-state index in [2.05, 4.69) is 114 Å². The summed E-state index contributed by atoms with van der Waals surface area (Å²) in [5.41, 5.74) is 10.1. The van der Waals surface area contributed by atoms with E-state index in [0.717, 1.165) is 55.3 Å². The molecule has 5 nitrogen and oxygen atoms in total. The van der Waals surface area contributed by atoms with Gasteiger partial charge in [-0.2, -0.15) is 0 Å². The molecule has 0 amide bonds. The molecule has 0 radical (unpaired) electrons. The first-order valence-electron chi connectivity index (χ1n) is 16.7. The lowest BCUT2D eigenvalue weighted by Crippen LogP contribution is -2.00. The first kappa shape index (κ1) is 28.2. The van der Waals surface area contributed by atoms with Crippen LogP contribution in [-0.4, -0.2) is 19.5 Å². The fraction of sp³-hybridized carbons (Fsp3) is 0. The molecule has 0 unspecified atom stereocenters. The van der Waals surface area contributed by atoms with Gasteiger partial charge in [0.15, 0.2) is 17.5 Å². The highest BCUT2D eigenvalue weighted by molar-refractivity contribution is 6.10. The zero-order valence-corrected chi connectivity index (χ0v) is 26.9. The summed E-state index contributed by atoms with van der Waals surface area (Å²) in [6.07, 6.45) is 0. The predicted molar refractivity (Wildman–Crippen MR) is 203 cm³/mol. The molecule has 50 heavy (non-hydrogen) atoms. The van der Waals surface area contributed by atoms with Gasteiger partial charge in [0.05, 0.1) is 11.0 Å². The highest BCUT2D eigenvalue weighted by Crippen LogP contribution is 2.36. The average molecular weight is 641 g/mol. The Hall–Kier alpha value is -6.85. The third kappa shape index (κ3) is 4.67. The minimum Gasteiger partial charge on any atom is -0.456 e. The van der Waals surface area contributed by atoms with Gasteiger partial charge in [0.2, 0.25) is 0 Å². The Bertz CT molecular complexity index is 2850. The molecule has 234 valence electrons. The molecule has 0 bridgehead atoms. The van der Waals surface area contributed by atoms with Gasteiger partial charge < -0.3 is 8.98 Å². The first-order chi connectivity index (χ1) is 24.8. The minimum absolute atomic E-state index is 0.591. The van der Waals surface area contributed by atoms with Crippen molar-refractivity contribution < 1.29 is 4.42 Å². The lowest BCUT2D eigenvalue weighted by atomic mass is 10.1. The normalized spacial score (nSPS) is 11.6.